The zero-order valence-electron chi connectivity index (χ0n) is 11.6. The monoisotopic (exact) mass is 269 g/mol. The van der Waals surface area contributed by atoms with Gasteiger partial charge in [0.05, 0.1) is 0 Å². The quantitative estimate of drug-likeness (QED) is 0.878. The van der Waals surface area contributed by atoms with Crippen LogP contribution in [0.1, 0.15) is 47.9 Å². The molecule has 1 saturated carbocycles. The molecule has 2 aromatic rings. The summed E-state index contributed by atoms with van der Waals surface area (Å²) in [7, 11) is 0. The molecule has 2 aromatic carbocycles. The second kappa shape index (κ2) is 5.76. The van der Waals surface area contributed by atoms with Gasteiger partial charge in [0.2, 0.25) is 0 Å². The lowest BCUT2D eigenvalue weighted by Gasteiger charge is -2.26. The van der Waals surface area contributed by atoms with Crippen molar-refractivity contribution in [3.63, 3.8) is 0 Å². The first-order valence-corrected chi connectivity index (χ1v) is 7.32. The molecule has 0 radical (unpaired) electrons. The molecule has 104 valence electrons. The highest BCUT2D eigenvalue weighted by Crippen LogP contribution is 2.36. The molecule has 0 spiro atoms. The molecule has 0 aromatic heterocycles. The smallest absolute Gasteiger partial charge is 0.123 e. The average molecular weight is 269 g/mol. The summed E-state index contributed by atoms with van der Waals surface area (Å²) in [4.78, 5) is 0. The lowest BCUT2D eigenvalue weighted by Crippen LogP contribution is -2.14. The van der Waals surface area contributed by atoms with Crippen molar-refractivity contribution in [2.75, 3.05) is 0 Å². The van der Waals surface area contributed by atoms with Crippen molar-refractivity contribution in [3.05, 3.63) is 71.0 Å². The van der Waals surface area contributed by atoms with Crippen LogP contribution in [-0.4, -0.2) is 0 Å². The molecular weight excluding hydrogens is 249 g/mol. The second-order valence-corrected chi connectivity index (χ2v) is 5.73. The number of hydrogen-bond donors (Lipinski definition) is 1. The van der Waals surface area contributed by atoms with E-state index in [9.17, 15) is 4.39 Å². The summed E-state index contributed by atoms with van der Waals surface area (Å²) < 4.78 is 12.9. The Morgan fingerprint density at radius 1 is 1.00 bits per heavy atom. The molecule has 0 heterocycles. The minimum Gasteiger partial charge on any atom is -0.324 e. The van der Waals surface area contributed by atoms with Crippen molar-refractivity contribution >= 4 is 0 Å². The number of nitrogens with two attached hydrogens (primary N) is 1. The van der Waals surface area contributed by atoms with E-state index < -0.39 is 0 Å². The average Bonchev–Trinajstić information content (AvgIpc) is 2.40. The molecule has 0 saturated heterocycles. The first-order valence-electron chi connectivity index (χ1n) is 7.32. The van der Waals surface area contributed by atoms with Gasteiger partial charge in [-0.1, -0.05) is 42.8 Å². The van der Waals surface area contributed by atoms with E-state index in [2.05, 4.69) is 24.3 Å². The molecule has 1 aliphatic rings. The van der Waals surface area contributed by atoms with Crippen LogP contribution >= 0.6 is 0 Å². The predicted octanol–water partition coefficient (Wildman–Crippen LogP) is 4.34. The molecule has 1 atom stereocenters. The molecule has 2 N–H and O–H groups in total. The van der Waals surface area contributed by atoms with E-state index in [0.29, 0.717) is 0 Å². The Kier molecular flexibility index (Phi) is 3.83. The van der Waals surface area contributed by atoms with E-state index in [1.54, 1.807) is 12.1 Å². The van der Waals surface area contributed by atoms with Crippen molar-refractivity contribution in [2.24, 2.45) is 5.73 Å². The largest absolute Gasteiger partial charge is 0.324 e. The molecule has 1 aliphatic carbocycles. The highest BCUT2D eigenvalue weighted by Gasteiger charge is 2.19. The summed E-state index contributed by atoms with van der Waals surface area (Å²) in [5, 5.41) is 0. The van der Waals surface area contributed by atoms with Crippen LogP contribution in [-0.2, 0) is 6.42 Å². The van der Waals surface area contributed by atoms with Crippen molar-refractivity contribution < 1.29 is 4.39 Å². The molecule has 0 amide bonds. The fourth-order valence-electron chi connectivity index (χ4n) is 2.75. The normalized spacial score (nSPS) is 16.7. The van der Waals surface area contributed by atoms with E-state index >= 15 is 0 Å². The Morgan fingerprint density at radius 2 is 1.65 bits per heavy atom. The van der Waals surface area contributed by atoms with E-state index in [-0.39, 0.29) is 11.9 Å². The summed E-state index contributed by atoms with van der Waals surface area (Å²) in [6.07, 6.45) is 4.74. The molecule has 0 aliphatic heterocycles. The molecule has 3 rings (SSSR count). The van der Waals surface area contributed by atoms with Gasteiger partial charge < -0.3 is 5.73 Å². The van der Waals surface area contributed by atoms with Gasteiger partial charge in [-0.2, -0.15) is 0 Å². The van der Waals surface area contributed by atoms with Crippen LogP contribution in [0.25, 0.3) is 0 Å². The van der Waals surface area contributed by atoms with E-state index in [1.165, 1.54) is 37.0 Å². The van der Waals surface area contributed by atoms with Crippen molar-refractivity contribution in [1.82, 2.24) is 0 Å². The van der Waals surface area contributed by atoms with Crippen molar-refractivity contribution in [1.29, 1.82) is 0 Å². The lowest BCUT2D eigenvalue weighted by molar-refractivity contribution is 0.419. The van der Waals surface area contributed by atoms with Crippen LogP contribution in [0.3, 0.4) is 0 Å². The third-order valence-electron chi connectivity index (χ3n) is 4.31. The Morgan fingerprint density at radius 3 is 2.20 bits per heavy atom. The third kappa shape index (κ3) is 2.91. The second-order valence-electron chi connectivity index (χ2n) is 5.73. The van der Waals surface area contributed by atoms with Gasteiger partial charge in [-0.3, -0.25) is 0 Å². The maximum absolute atomic E-state index is 12.9. The Hall–Kier alpha value is -1.67. The molecule has 2 heteroatoms. The number of hydrogen-bond acceptors (Lipinski definition) is 1. The standard InChI is InChI=1S/C18H20FN/c19-17-10-4-13(5-11-17)12-18(20)16-8-6-15(7-9-16)14-2-1-3-14/h4-11,14,18H,1-3,12,20H2. The SMILES string of the molecule is NC(Cc1ccc(F)cc1)c1ccc(C2CCC2)cc1. The Bertz CT molecular complexity index is 555. The Balaban J connectivity index is 1.66. The molecular formula is C18H20FN. The van der Waals surface area contributed by atoms with E-state index in [1.807, 2.05) is 0 Å². The van der Waals surface area contributed by atoms with Gasteiger partial charge in [-0.25, -0.2) is 4.39 Å². The van der Waals surface area contributed by atoms with Gasteiger partial charge in [0.1, 0.15) is 5.82 Å². The zero-order valence-corrected chi connectivity index (χ0v) is 11.6. The maximum Gasteiger partial charge on any atom is 0.123 e. The van der Waals surface area contributed by atoms with E-state index in [4.69, 9.17) is 5.73 Å². The lowest BCUT2D eigenvalue weighted by atomic mass is 9.80. The topological polar surface area (TPSA) is 26.0 Å². The highest BCUT2D eigenvalue weighted by atomic mass is 19.1. The minimum absolute atomic E-state index is 0.0316. The van der Waals surface area contributed by atoms with Crippen molar-refractivity contribution in [3.8, 4) is 0 Å². The Labute approximate surface area is 119 Å². The third-order valence-corrected chi connectivity index (χ3v) is 4.31. The van der Waals surface area contributed by atoms with Gasteiger partial charge in [0.15, 0.2) is 0 Å². The maximum atomic E-state index is 12.9. The van der Waals surface area contributed by atoms with Gasteiger partial charge in [-0.05, 0) is 54.0 Å². The van der Waals surface area contributed by atoms with Crippen LogP contribution in [0.4, 0.5) is 4.39 Å². The number of rotatable bonds is 4. The van der Waals surface area contributed by atoms with Gasteiger partial charge >= 0.3 is 0 Å². The summed E-state index contributed by atoms with van der Waals surface area (Å²) in [6, 6.07) is 15.3. The minimum atomic E-state index is -0.202. The van der Waals surface area contributed by atoms with Gasteiger partial charge in [0.25, 0.3) is 0 Å². The van der Waals surface area contributed by atoms with Gasteiger partial charge in [-0.15, -0.1) is 0 Å². The summed E-state index contributed by atoms with van der Waals surface area (Å²) in [5.74, 6) is 0.560. The summed E-state index contributed by atoms with van der Waals surface area (Å²) in [6.45, 7) is 0. The zero-order chi connectivity index (χ0) is 13.9. The molecule has 1 fully saturated rings. The van der Waals surface area contributed by atoms with Crippen molar-refractivity contribution in [2.45, 2.75) is 37.6 Å². The van der Waals surface area contributed by atoms with Crippen LogP contribution in [0, 0.1) is 5.82 Å². The summed E-state index contributed by atoms with van der Waals surface area (Å²) >= 11 is 0. The van der Waals surface area contributed by atoms with Crippen LogP contribution in [0.2, 0.25) is 0 Å². The highest BCUT2D eigenvalue weighted by molar-refractivity contribution is 5.29. The number of halogens is 1. The van der Waals surface area contributed by atoms with E-state index in [0.717, 1.165) is 23.5 Å². The molecule has 0 bridgehead atoms. The molecule has 20 heavy (non-hydrogen) atoms. The van der Waals surface area contributed by atoms with Gasteiger partial charge in [0, 0.05) is 6.04 Å². The molecule has 1 unspecified atom stereocenters. The predicted molar refractivity (Wildman–Crippen MR) is 80.1 cm³/mol. The fourth-order valence-corrected chi connectivity index (χ4v) is 2.75. The first kappa shape index (κ1) is 13.3. The molecule has 1 nitrogen and oxygen atoms in total. The number of benzene rings is 2. The van der Waals surface area contributed by atoms with Crippen LogP contribution in [0.15, 0.2) is 48.5 Å². The fraction of sp³-hybridized carbons (Fsp3) is 0.333. The summed E-state index contributed by atoms with van der Waals surface area (Å²) in [5.41, 5.74) is 9.90. The first-order chi connectivity index (χ1) is 9.72. The van der Waals surface area contributed by atoms with Crippen LogP contribution in [0.5, 0.6) is 0 Å². The van der Waals surface area contributed by atoms with Crippen LogP contribution < -0.4 is 5.73 Å².